The molecule has 0 saturated heterocycles. The van der Waals surface area contributed by atoms with Crippen molar-refractivity contribution in [1.82, 2.24) is 14.8 Å². The second-order valence-corrected chi connectivity index (χ2v) is 5.61. The quantitative estimate of drug-likeness (QED) is 0.704. The first-order valence-corrected chi connectivity index (χ1v) is 7.47. The van der Waals surface area contributed by atoms with Gasteiger partial charge in [-0.1, -0.05) is 34.1 Å². The molecule has 6 heteroatoms. The van der Waals surface area contributed by atoms with Crippen LogP contribution in [0.3, 0.4) is 0 Å². The number of H-pyrrole nitrogens is 1. The zero-order chi connectivity index (χ0) is 14.8. The minimum atomic E-state index is 0.547. The Labute approximate surface area is 135 Å². The van der Waals surface area contributed by atoms with Crippen molar-refractivity contribution in [2.75, 3.05) is 7.11 Å². The normalized spacial score (nSPS) is 10.6. The summed E-state index contributed by atoms with van der Waals surface area (Å²) in [4.78, 5) is 0. The van der Waals surface area contributed by atoms with Crippen LogP contribution >= 0.6 is 28.1 Å². The maximum atomic E-state index is 5.36. The molecule has 21 heavy (non-hydrogen) atoms. The number of nitrogens with one attached hydrogen (secondary N) is 1. The van der Waals surface area contributed by atoms with E-state index in [1.54, 1.807) is 7.11 Å². The molecule has 0 spiro atoms. The van der Waals surface area contributed by atoms with Crippen molar-refractivity contribution >= 4 is 28.1 Å². The Morgan fingerprint density at radius 2 is 1.86 bits per heavy atom. The monoisotopic (exact) mass is 361 g/mol. The highest BCUT2D eigenvalue weighted by atomic mass is 79.9. The fourth-order valence-corrected chi connectivity index (χ4v) is 2.79. The molecular weight excluding hydrogens is 350 g/mol. The van der Waals surface area contributed by atoms with Crippen LogP contribution in [0.4, 0.5) is 0 Å². The Bertz CT molecular complexity index is 823. The summed E-state index contributed by atoms with van der Waals surface area (Å²) in [5.74, 6) is 1.56. The third-order valence-corrected chi connectivity index (χ3v) is 4.08. The molecule has 0 aliphatic rings. The van der Waals surface area contributed by atoms with Crippen LogP contribution in [0.2, 0.25) is 0 Å². The van der Waals surface area contributed by atoms with E-state index in [4.69, 9.17) is 17.0 Å². The average molecular weight is 362 g/mol. The van der Waals surface area contributed by atoms with Gasteiger partial charge in [-0.15, -0.1) is 0 Å². The summed E-state index contributed by atoms with van der Waals surface area (Å²) in [6.45, 7) is 0. The van der Waals surface area contributed by atoms with Crippen LogP contribution < -0.4 is 4.74 Å². The van der Waals surface area contributed by atoms with Gasteiger partial charge in [-0.25, -0.2) is 0 Å². The topological polar surface area (TPSA) is 42.8 Å². The number of hydrogen-bond donors (Lipinski definition) is 1. The van der Waals surface area contributed by atoms with Crippen molar-refractivity contribution < 1.29 is 4.74 Å². The van der Waals surface area contributed by atoms with Gasteiger partial charge in [0.15, 0.2) is 10.6 Å². The highest BCUT2D eigenvalue weighted by Crippen LogP contribution is 2.28. The molecule has 0 unspecified atom stereocenters. The number of aromatic amines is 1. The van der Waals surface area contributed by atoms with Crippen LogP contribution in [-0.2, 0) is 0 Å². The van der Waals surface area contributed by atoms with Crippen molar-refractivity contribution in [1.29, 1.82) is 0 Å². The Kier molecular flexibility index (Phi) is 3.90. The first kappa shape index (κ1) is 14.0. The predicted molar refractivity (Wildman–Crippen MR) is 88.4 cm³/mol. The van der Waals surface area contributed by atoms with Crippen LogP contribution in [0.1, 0.15) is 0 Å². The number of aromatic nitrogens is 3. The maximum Gasteiger partial charge on any atom is 0.200 e. The molecule has 3 aromatic rings. The molecule has 4 nitrogen and oxygen atoms in total. The number of hydrogen-bond acceptors (Lipinski definition) is 3. The molecule has 0 aliphatic heterocycles. The second-order valence-electron chi connectivity index (χ2n) is 4.37. The van der Waals surface area contributed by atoms with E-state index >= 15 is 0 Å². The standard InChI is InChI=1S/C15H12BrN3OS/c1-20-11-8-6-10(7-9-11)19-14(17-18-15(19)21)12-4-2-3-5-13(12)16/h2-9H,1H3,(H,18,21). The summed E-state index contributed by atoms with van der Waals surface area (Å²) in [5.41, 5.74) is 1.90. The van der Waals surface area contributed by atoms with Crippen LogP contribution in [0.15, 0.2) is 53.0 Å². The van der Waals surface area contributed by atoms with Gasteiger partial charge in [0.25, 0.3) is 0 Å². The molecule has 0 bridgehead atoms. The zero-order valence-electron chi connectivity index (χ0n) is 11.2. The molecule has 0 amide bonds. The average Bonchev–Trinajstić information content (AvgIpc) is 2.89. The Balaban J connectivity index is 2.17. The van der Waals surface area contributed by atoms with Gasteiger partial charge in [-0.3, -0.25) is 9.67 Å². The Morgan fingerprint density at radius 1 is 1.14 bits per heavy atom. The predicted octanol–water partition coefficient (Wildman–Crippen LogP) is 4.37. The minimum absolute atomic E-state index is 0.547. The summed E-state index contributed by atoms with van der Waals surface area (Å²) in [7, 11) is 1.64. The Morgan fingerprint density at radius 3 is 2.52 bits per heavy atom. The summed E-state index contributed by atoms with van der Waals surface area (Å²) < 4.78 is 8.60. The molecule has 1 N–H and O–H groups in total. The first-order valence-electron chi connectivity index (χ1n) is 6.27. The smallest absolute Gasteiger partial charge is 0.200 e. The number of ether oxygens (including phenoxy) is 1. The lowest BCUT2D eigenvalue weighted by molar-refractivity contribution is 0.414. The van der Waals surface area contributed by atoms with E-state index in [1.165, 1.54) is 0 Å². The van der Waals surface area contributed by atoms with Gasteiger partial charge in [0, 0.05) is 10.0 Å². The fourth-order valence-electron chi connectivity index (χ4n) is 2.09. The van der Waals surface area contributed by atoms with Gasteiger partial charge in [0.05, 0.1) is 12.8 Å². The second kappa shape index (κ2) is 5.83. The SMILES string of the molecule is COc1ccc(-n2c(-c3ccccc3Br)n[nH]c2=S)cc1. The van der Waals surface area contributed by atoms with Gasteiger partial charge in [-0.05, 0) is 42.5 Å². The molecule has 1 heterocycles. The van der Waals surface area contributed by atoms with E-state index in [0.717, 1.165) is 27.3 Å². The molecule has 0 atom stereocenters. The van der Waals surface area contributed by atoms with Crippen LogP contribution in [0, 0.1) is 4.77 Å². The van der Waals surface area contributed by atoms with Crippen molar-refractivity contribution in [2.45, 2.75) is 0 Å². The summed E-state index contributed by atoms with van der Waals surface area (Å²) in [5, 5.41) is 7.20. The summed E-state index contributed by atoms with van der Waals surface area (Å²) in [6.07, 6.45) is 0. The first-order chi connectivity index (χ1) is 10.2. The van der Waals surface area contributed by atoms with E-state index in [9.17, 15) is 0 Å². The van der Waals surface area contributed by atoms with Crippen molar-refractivity contribution in [2.24, 2.45) is 0 Å². The number of benzene rings is 2. The van der Waals surface area contributed by atoms with Crippen molar-refractivity contribution in [3.63, 3.8) is 0 Å². The lowest BCUT2D eigenvalue weighted by atomic mass is 10.2. The molecule has 2 aromatic carbocycles. The van der Waals surface area contributed by atoms with E-state index in [1.807, 2.05) is 53.1 Å². The number of halogens is 1. The molecular formula is C15H12BrN3OS. The van der Waals surface area contributed by atoms with Gasteiger partial charge < -0.3 is 4.74 Å². The molecule has 106 valence electrons. The maximum absolute atomic E-state index is 5.36. The van der Waals surface area contributed by atoms with Gasteiger partial charge in [0.1, 0.15) is 5.75 Å². The largest absolute Gasteiger partial charge is 0.497 e. The van der Waals surface area contributed by atoms with E-state index in [0.29, 0.717) is 4.77 Å². The number of methoxy groups -OCH3 is 1. The molecule has 3 rings (SSSR count). The van der Waals surface area contributed by atoms with E-state index in [2.05, 4.69) is 26.1 Å². The third-order valence-electron chi connectivity index (χ3n) is 3.12. The lowest BCUT2D eigenvalue weighted by Crippen LogP contribution is -1.98. The summed E-state index contributed by atoms with van der Waals surface area (Å²) in [6, 6.07) is 15.6. The molecule has 1 aromatic heterocycles. The number of rotatable bonds is 3. The molecule has 0 saturated carbocycles. The molecule has 0 aliphatic carbocycles. The minimum Gasteiger partial charge on any atom is -0.497 e. The highest BCUT2D eigenvalue weighted by Gasteiger charge is 2.13. The lowest BCUT2D eigenvalue weighted by Gasteiger charge is -2.09. The zero-order valence-corrected chi connectivity index (χ0v) is 13.6. The van der Waals surface area contributed by atoms with Crippen LogP contribution in [0.5, 0.6) is 5.75 Å². The molecule has 0 radical (unpaired) electrons. The third kappa shape index (κ3) is 2.64. The van der Waals surface area contributed by atoms with Gasteiger partial charge in [0.2, 0.25) is 0 Å². The molecule has 0 fully saturated rings. The van der Waals surface area contributed by atoms with E-state index < -0.39 is 0 Å². The Hall–Kier alpha value is -1.92. The van der Waals surface area contributed by atoms with Crippen molar-refractivity contribution in [3.8, 4) is 22.8 Å². The van der Waals surface area contributed by atoms with Gasteiger partial charge in [-0.2, -0.15) is 5.10 Å². The number of nitrogens with zero attached hydrogens (tertiary/aromatic N) is 2. The highest BCUT2D eigenvalue weighted by molar-refractivity contribution is 9.10. The fraction of sp³-hybridized carbons (Fsp3) is 0.0667. The van der Waals surface area contributed by atoms with E-state index in [-0.39, 0.29) is 0 Å². The van der Waals surface area contributed by atoms with Crippen LogP contribution in [0.25, 0.3) is 17.1 Å². The van der Waals surface area contributed by atoms with Crippen molar-refractivity contribution in [3.05, 3.63) is 57.8 Å². The van der Waals surface area contributed by atoms with Gasteiger partial charge >= 0.3 is 0 Å². The summed E-state index contributed by atoms with van der Waals surface area (Å²) >= 11 is 8.91. The van der Waals surface area contributed by atoms with Crippen LogP contribution in [-0.4, -0.2) is 21.9 Å².